The van der Waals surface area contributed by atoms with Gasteiger partial charge in [-0.25, -0.2) is 0 Å². The summed E-state index contributed by atoms with van der Waals surface area (Å²) in [4.78, 5) is 23.2. The second-order valence-corrected chi connectivity index (χ2v) is 7.73. The van der Waals surface area contributed by atoms with Gasteiger partial charge in [-0.3, -0.25) is 9.59 Å². The molecule has 0 N–H and O–H groups in total. The number of esters is 2. The second kappa shape index (κ2) is 22.8. The quantitative estimate of drug-likeness (QED) is 0.135. The lowest BCUT2D eigenvalue weighted by atomic mass is 10.1. The number of hydrogen-bond donors (Lipinski definition) is 0. The molecule has 0 rings (SSSR count). The van der Waals surface area contributed by atoms with Gasteiger partial charge in [0, 0.05) is 6.42 Å². The Morgan fingerprint density at radius 2 is 1.07 bits per heavy atom. The zero-order valence-corrected chi connectivity index (χ0v) is 19.1. The minimum Gasteiger partial charge on any atom is -0.466 e. The Morgan fingerprint density at radius 1 is 0.586 bits per heavy atom. The van der Waals surface area contributed by atoms with E-state index >= 15 is 0 Å². The van der Waals surface area contributed by atoms with Gasteiger partial charge < -0.3 is 9.47 Å². The number of hydrogen-bond acceptors (Lipinski definition) is 4. The maximum Gasteiger partial charge on any atom is 0.307 e. The zero-order valence-electron chi connectivity index (χ0n) is 19.1. The topological polar surface area (TPSA) is 52.6 Å². The highest BCUT2D eigenvalue weighted by Crippen LogP contribution is 2.09. The summed E-state index contributed by atoms with van der Waals surface area (Å²) in [6.07, 6.45) is 18.2. The van der Waals surface area contributed by atoms with Gasteiger partial charge in [-0.2, -0.15) is 0 Å². The van der Waals surface area contributed by atoms with E-state index in [2.05, 4.69) is 25.7 Å². The van der Waals surface area contributed by atoms with Crippen LogP contribution in [0.4, 0.5) is 0 Å². The van der Waals surface area contributed by atoms with E-state index in [9.17, 15) is 9.59 Å². The van der Waals surface area contributed by atoms with E-state index in [1.807, 2.05) is 0 Å². The Balaban J connectivity index is 3.43. The van der Waals surface area contributed by atoms with E-state index in [0.717, 1.165) is 25.7 Å². The summed E-state index contributed by atoms with van der Waals surface area (Å²) >= 11 is 0. The predicted octanol–water partition coefficient (Wildman–Crippen LogP) is 6.75. The number of carbonyl (C=O) groups is 2. The van der Waals surface area contributed by atoms with Crippen LogP contribution < -0.4 is 0 Å². The van der Waals surface area contributed by atoms with Crippen molar-refractivity contribution in [2.24, 2.45) is 0 Å². The predicted molar refractivity (Wildman–Crippen MR) is 120 cm³/mol. The largest absolute Gasteiger partial charge is 0.466 e. The zero-order chi connectivity index (χ0) is 21.4. The van der Waals surface area contributed by atoms with E-state index in [1.54, 1.807) is 0 Å². The van der Waals surface area contributed by atoms with E-state index in [-0.39, 0.29) is 31.4 Å². The lowest BCUT2D eigenvalue weighted by Crippen LogP contribution is -2.11. The van der Waals surface area contributed by atoms with Crippen LogP contribution in [0.5, 0.6) is 0 Å². The van der Waals surface area contributed by atoms with E-state index in [1.165, 1.54) is 70.6 Å². The molecule has 4 nitrogen and oxygen atoms in total. The molecule has 0 bridgehead atoms. The minimum atomic E-state index is -0.386. The monoisotopic (exact) mass is 408 g/mol. The summed E-state index contributed by atoms with van der Waals surface area (Å²) in [5, 5.41) is 0. The molecule has 0 atom stereocenters. The first kappa shape index (κ1) is 27.5. The molecule has 4 heteroatoms. The van der Waals surface area contributed by atoms with Gasteiger partial charge in [0.05, 0.1) is 19.4 Å². The molecule has 0 radical (unpaired) electrons. The molecule has 0 unspecified atom stereocenters. The van der Waals surface area contributed by atoms with Gasteiger partial charge in [0.1, 0.15) is 0 Å². The van der Waals surface area contributed by atoms with Crippen LogP contribution in [0.3, 0.4) is 0 Å². The first-order valence-corrected chi connectivity index (χ1v) is 12.0. The van der Waals surface area contributed by atoms with Crippen molar-refractivity contribution >= 4 is 11.9 Å². The van der Waals surface area contributed by atoms with Crippen LogP contribution in [0, 0.1) is 11.8 Å². The van der Waals surface area contributed by atoms with Crippen LogP contribution in [0.15, 0.2) is 0 Å². The van der Waals surface area contributed by atoms with Crippen molar-refractivity contribution in [1.29, 1.82) is 0 Å². The third-order valence-corrected chi connectivity index (χ3v) is 4.88. The number of unbranched alkanes of at least 4 members (excludes halogenated alkanes) is 13. The highest BCUT2D eigenvalue weighted by Gasteiger charge is 2.08. The van der Waals surface area contributed by atoms with Crippen molar-refractivity contribution in [3.05, 3.63) is 0 Å². The molecular formula is C25H44O4. The van der Waals surface area contributed by atoms with Crippen LogP contribution in [-0.2, 0) is 19.1 Å². The first-order valence-electron chi connectivity index (χ1n) is 12.0. The molecule has 168 valence electrons. The SMILES string of the molecule is CCCCCCCCCCC#CCOC(=O)CCC(=O)OCCCCCCCC. The fraction of sp³-hybridized carbons (Fsp3) is 0.840. The van der Waals surface area contributed by atoms with Gasteiger partial charge in [0.2, 0.25) is 0 Å². The summed E-state index contributed by atoms with van der Waals surface area (Å²) in [5.41, 5.74) is 0. The third kappa shape index (κ3) is 22.7. The van der Waals surface area contributed by atoms with Crippen LogP contribution >= 0.6 is 0 Å². The number of ether oxygens (including phenoxy) is 2. The highest BCUT2D eigenvalue weighted by molar-refractivity contribution is 5.77. The van der Waals surface area contributed by atoms with Crippen molar-refractivity contribution in [2.75, 3.05) is 13.2 Å². The van der Waals surface area contributed by atoms with Crippen LogP contribution in [0.25, 0.3) is 0 Å². The molecule has 0 aromatic carbocycles. The smallest absolute Gasteiger partial charge is 0.307 e. The van der Waals surface area contributed by atoms with Crippen LogP contribution in [0.2, 0.25) is 0 Å². The Bertz CT molecular complexity index is 447. The fourth-order valence-corrected chi connectivity index (χ4v) is 3.02. The van der Waals surface area contributed by atoms with Gasteiger partial charge in [0.25, 0.3) is 0 Å². The van der Waals surface area contributed by atoms with Gasteiger partial charge in [0.15, 0.2) is 6.61 Å². The Labute approximate surface area is 179 Å². The van der Waals surface area contributed by atoms with Crippen molar-refractivity contribution in [3.63, 3.8) is 0 Å². The molecular weight excluding hydrogens is 364 g/mol. The highest BCUT2D eigenvalue weighted by atomic mass is 16.5. The van der Waals surface area contributed by atoms with Gasteiger partial charge in [-0.15, -0.1) is 0 Å². The first-order chi connectivity index (χ1) is 14.2. The maximum atomic E-state index is 11.6. The number of rotatable bonds is 19. The van der Waals surface area contributed by atoms with Gasteiger partial charge in [-0.05, 0) is 12.8 Å². The third-order valence-electron chi connectivity index (χ3n) is 4.88. The maximum absolute atomic E-state index is 11.6. The molecule has 0 amide bonds. The van der Waals surface area contributed by atoms with E-state index < -0.39 is 0 Å². The summed E-state index contributed by atoms with van der Waals surface area (Å²) in [5.74, 6) is 5.22. The van der Waals surface area contributed by atoms with Crippen LogP contribution in [0.1, 0.15) is 123 Å². The molecule has 0 aromatic heterocycles. The van der Waals surface area contributed by atoms with Crippen molar-refractivity contribution in [3.8, 4) is 11.8 Å². The standard InChI is InChI=1S/C25H44O4/c1-3-5-7-9-11-12-13-14-15-17-19-23-29-25(27)21-20-24(26)28-22-18-16-10-8-6-4-2/h3-16,18,20-23H2,1-2H3. The Morgan fingerprint density at radius 3 is 1.66 bits per heavy atom. The van der Waals surface area contributed by atoms with E-state index in [4.69, 9.17) is 9.47 Å². The Kier molecular flexibility index (Phi) is 21.6. The molecule has 0 fully saturated rings. The molecule has 0 spiro atoms. The minimum absolute atomic E-state index is 0.0645. The molecule has 0 aliphatic carbocycles. The average molecular weight is 409 g/mol. The molecule has 0 saturated carbocycles. The van der Waals surface area contributed by atoms with Crippen LogP contribution in [-0.4, -0.2) is 25.2 Å². The second-order valence-electron chi connectivity index (χ2n) is 7.73. The molecule has 0 saturated heterocycles. The molecule has 0 aromatic rings. The summed E-state index contributed by atoms with van der Waals surface area (Å²) in [6, 6.07) is 0. The van der Waals surface area contributed by atoms with Crippen molar-refractivity contribution in [2.45, 2.75) is 123 Å². The molecule has 29 heavy (non-hydrogen) atoms. The van der Waals surface area contributed by atoms with Gasteiger partial charge in [-0.1, -0.05) is 103 Å². The summed E-state index contributed by atoms with van der Waals surface area (Å²) < 4.78 is 10.2. The lowest BCUT2D eigenvalue weighted by Gasteiger charge is -2.04. The fourth-order valence-electron chi connectivity index (χ4n) is 3.02. The molecule has 0 heterocycles. The number of carbonyl (C=O) groups excluding carboxylic acids is 2. The van der Waals surface area contributed by atoms with Crippen molar-refractivity contribution < 1.29 is 19.1 Å². The average Bonchev–Trinajstić information content (AvgIpc) is 2.72. The normalized spacial score (nSPS) is 10.3. The molecule has 0 aliphatic heterocycles. The van der Waals surface area contributed by atoms with Crippen molar-refractivity contribution in [1.82, 2.24) is 0 Å². The lowest BCUT2D eigenvalue weighted by molar-refractivity contribution is -0.149. The van der Waals surface area contributed by atoms with Gasteiger partial charge >= 0.3 is 11.9 Å². The summed E-state index contributed by atoms with van der Waals surface area (Å²) in [6.45, 7) is 4.99. The summed E-state index contributed by atoms with van der Waals surface area (Å²) in [7, 11) is 0. The Hall–Kier alpha value is -1.50. The van der Waals surface area contributed by atoms with E-state index in [0.29, 0.717) is 6.61 Å². The molecule has 0 aliphatic rings.